The number of nitrogens with zero attached hydrogens (tertiary/aromatic N) is 4. The number of nitrogens with two attached hydrogens (primary N) is 1. The number of amides is 1. The largest absolute Gasteiger partial charge is 0.420 e. The lowest BCUT2D eigenvalue weighted by Gasteiger charge is -2.35. The van der Waals surface area contributed by atoms with Crippen molar-refractivity contribution < 1.29 is 9.21 Å². The third kappa shape index (κ3) is 3.45. The summed E-state index contributed by atoms with van der Waals surface area (Å²) in [5.74, 6) is -0.551. The number of primary amides is 1. The number of benzene rings is 2. The number of fused-ring (bicyclic) bond motifs is 2. The predicted octanol–water partition coefficient (Wildman–Crippen LogP) is 2.89. The Bertz CT molecular complexity index is 1760. The third-order valence-electron chi connectivity index (χ3n) is 6.40. The van der Waals surface area contributed by atoms with Crippen LogP contribution in [0.1, 0.15) is 11.3 Å². The molecule has 0 saturated heterocycles. The van der Waals surface area contributed by atoms with E-state index in [1.807, 2.05) is 48.5 Å². The highest BCUT2D eigenvalue weighted by Crippen LogP contribution is 2.34. The van der Waals surface area contributed by atoms with Crippen LogP contribution in [0.3, 0.4) is 0 Å². The van der Waals surface area contributed by atoms with Crippen molar-refractivity contribution in [3.63, 3.8) is 0 Å². The van der Waals surface area contributed by atoms with Gasteiger partial charge in [-0.15, -0.1) is 5.10 Å². The molecule has 5 aromatic rings. The van der Waals surface area contributed by atoms with Crippen molar-refractivity contribution >= 4 is 33.4 Å². The highest BCUT2D eigenvalue weighted by atomic mass is 16.4. The van der Waals surface area contributed by atoms with Gasteiger partial charge in [-0.2, -0.15) is 0 Å². The van der Waals surface area contributed by atoms with Crippen LogP contribution in [0.5, 0.6) is 0 Å². The maximum absolute atomic E-state index is 13.1. The monoisotopic (exact) mass is 476 g/mol. The van der Waals surface area contributed by atoms with Gasteiger partial charge in [-0.3, -0.25) is 9.78 Å². The fraction of sp³-hybridized carbons (Fsp3) is 0.0741. The second-order valence-corrected chi connectivity index (χ2v) is 8.52. The Kier molecular flexibility index (Phi) is 4.96. The lowest BCUT2D eigenvalue weighted by molar-refractivity contribution is -0.122. The summed E-state index contributed by atoms with van der Waals surface area (Å²) in [6, 6.07) is 18.1. The van der Waals surface area contributed by atoms with E-state index >= 15 is 0 Å². The normalized spacial score (nSPS) is 17.2. The van der Waals surface area contributed by atoms with Crippen LogP contribution in [0.25, 0.3) is 33.1 Å². The van der Waals surface area contributed by atoms with Gasteiger partial charge in [0, 0.05) is 35.0 Å². The summed E-state index contributed by atoms with van der Waals surface area (Å²) in [7, 11) is 0. The summed E-state index contributed by atoms with van der Waals surface area (Å²) in [6.45, 7) is 0. The Morgan fingerprint density at radius 1 is 1.08 bits per heavy atom. The summed E-state index contributed by atoms with van der Waals surface area (Å²) in [5.41, 5.74) is 8.02. The zero-order valence-corrected chi connectivity index (χ0v) is 19.0. The van der Waals surface area contributed by atoms with Crippen LogP contribution >= 0.6 is 0 Å². The molecule has 9 nitrogen and oxygen atoms in total. The number of para-hydroxylation sites is 1. The summed E-state index contributed by atoms with van der Waals surface area (Å²) < 4.78 is 6.96. The van der Waals surface area contributed by atoms with Gasteiger partial charge in [0.15, 0.2) is 5.58 Å². The molecule has 0 radical (unpaired) electrons. The Labute approximate surface area is 204 Å². The molecule has 1 unspecified atom stereocenters. The number of carbonyl (C=O) groups excluding carboxylic acids is 1. The topological polar surface area (TPSA) is 129 Å². The van der Waals surface area contributed by atoms with Crippen molar-refractivity contribution in [2.45, 2.75) is 12.0 Å². The summed E-state index contributed by atoms with van der Waals surface area (Å²) in [6.07, 6.45) is 8.99. The van der Waals surface area contributed by atoms with Crippen molar-refractivity contribution in [1.29, 1.82) is 0 Å². The highest BCUT2D eigenvalue weighted by Gasteiger charge is 2.43. The van der Waals surface area contributed by atoms with Crippen LogP contribution in [0.4, 0.5) is 0 Å². The number of nitrogens with one attached hydrogen (secondary N) is 1. The fourth-order valence-corrected chi connectivity index (χ4v) is 4.67. The van der Waals surface area contributed by atoms with Gasteiger partial charge in [-0.1, -0.05) is 41.6 Å². The van der Waals surface area contributed by atoms with Crippen LogP contribution < -0.4 is 16.7 Å². The fourth-order valence-electron chi connectivity index (χ4n) is 4.67. The molecular weight excluding hydrogens is 456 g/mol. The summed E-state index contributed by atoms with van der Waals surface area (Å²) in [4.78, 5) is 29.3. The number of aromatic nitrogens is 4. The van der Waals surface area contributed by atoms with Crippen LogP contribution in [-0.2, 0) is 11.2 Å². The molecule has 1 aliphatic heterocycles. The lowest BCUT2D eigenvalue weighted by Crippen LogP contribution is -2.56. The first-order valence-corrected chi connectivity index (χ1v) is 11.3. The molecule has 0 aliphatic carbocycles. The second-order valence-electron chi connectivity index (χ2n) is 8.52. The van der Waals surface area contributed by atoms with E-state index < -0.39 is 17.1 Å². The first-order valence-electron chi connectivity index (χ1n) is 11.3. The molecule has 0 saturated carbocycles. The van der Waals surface area contributed by atoms with Crippen molar-refractivity contribution in [1.82, 2.24) is 25.3 Å². The number of pyridine rings is 1. The van der Waals surface area contributed by atoms with Crippen molar-refractivity contribution in [2.24, 2.45) is 5.73 Å². The Morgan fingerprint density at radius 2 is 1.97 bits per heavy atom. The van der Waals surface area contributed by atoms with Gasteiger partial charge in [0.25, 0.3) is 0 Å². The molecule has 3 N–H and O–H groups in total. The van der Waals surface area contributed by atoms with Crippen molar-refractivity contribution in [3.05, 3.63) is 113 Å². The molecule has 0 fully saturated rings. The lowest BCUT2D eigenvalue weighted by atomic mass is 9.79. The molecule has 176 valence electrons. The van der Waals surface area contributed by atoms with E-state index in [-0.39, 0.29) is 6.42 Å². The third-order valence-corrected chi connectivity index (χ3v) is 6.40. The van der Waals surface area contributed by atoms with Crippen LogP contribution in [0.15, 0.2) is 101 Å². The van der Waals surface area contributed by atoms with Crippen molar-refractivity contribution in [3.8, 4) is 5.69 Å². The molecule has 3 aromatic heterocycles. The van der Waals surface area contributed by atoms with Gasteiger partial charge in [0.1, 0.15) is 16.9 Å². The smallest absolute Gasteiger partial charge is 0.336 e. The highest BCUT2D eigenvalue weighted by molar-refractivity contribution is 6.01. The average molecular weight is 476 g/mol. The number of dihydropyridines is 1. The number of hydrogen-bond acceptors (Lipinski definition) is 7. The summed E-state index contributed by atoms with van der Waals surface area (Å²) >= 11 is 0. The standard InChI is InChI=1S/C27H20N6O3/c28-26(35)27(15-18-6-1-9-21-19(18)7-3-13-29-21)20(8-4-14-30-27)22-16-33(32-31-22)23-10-2-5-17-11-12-24(34)36-25(17)23/h1-14,16,30H,15H2,(H2,28,35). The van der Waals surface area contributed by atoms with Gasteiger partial charge in [-0.25, -0.2) is 9.48 Å². The number of allylic oxidation sites excluding steroid dienone is 2. The molecule has 9 heteroatoms. The minimum atomic E-state index is -1.27. The van der Waals surface area contributed by atoms with Gasteiger partial charge < -0.3 is 15.5 Å². The minimum Gasteiger partial charge on any atom is -0.420 e. The number of rotatable bonds is 5. The van der Waals surface area contributed by atoms with Gasteiger partial charge in [0.2, 0.25) is 5.91 Å². The molecule has 4 heterocycles. The maximum atomic E-state index is 13.1. The van der Waals surface area contributed by atoms with Crippen molar-refractivity contribution in [2.75, 3.05) is 0 Å². The van der Waals surface area contributed by atoms with E-state index in [1.54, 1.807) is 36.8 Å². The number of carbonyl (C=O) groups is 1. The SMILES string of the molecule is NC(=O)C1(Cc2cccc3ncccc23)NC=CC=C1c1cn(-c2cccc3ccc(=O)oc23)nn1. The molecule has 1 amide bonds. The molecule has 2 aromatic carbocycles. The molecule has 0 spiro atoms. The van der Waals surface area contributed by atoms with E-state index in [1.165, 1.54) is 10.7 Å². The summed E-state index contributed by atoms with van der Waals surface area (Å²) in [5, 5.41) is 13.5. The van der Waals surface area contributed by atoms with Crippen LogP contribution in [-0.4, -0.2) is 31.4 Å². The van der Waals surface area contributed by atoms with E-state index in [4.69, 9.17) is 10.2 Å². The Balaban J connectivity index is 1.46. The maximum Gasteiger partial charge on any atom is 0.336 e. The van der Waals surface area contributed by atoms with Gasteiger partial charge in [0.05, 0.1) is 11.7 Å². The van der Waals surface area contributed by atoms with Crippen LogP contribution in [0, 0.1) is 0 Å². The first kappa shape index (κ1) is 21.5. The van der Waals surface area contributed by atoms with Gasteiger partial charge >= 0.3 is 5.63 Å². The molecule has 1 atom stereocenters. The van der Waals surface area contributed by atoms with Crippen LogP contribution in [0.2, 0.25) is 0 Å². The average Bonchev–Trinajstić information content (AvgIpc) is 3.38. The first-order chi connectivity index (χ1) is 17.5. The minimum absolute atomic E-state index is 0.275. The van der Waals surface area contributed by atoms with E-state index in [9.17, 15) is 9.59 Å². The quantitative estimate of drug-likeness (QED) is 0.373. The van der Waals surface area contributed by atoms with E-state index in [2.05, 4.69) is 20.6 Å². The van der Waals surface area contributed by atoms with E-state index in [0.717, 1.165) is 21.9 Å². The van der Waals surface area contributed by atoms with Gasteiger partial charge in [-0.05, 0) is 42.1 Å². The molecule has 0 bridgehead atoms. The Hall–Kier alpha value is -5.05. The molecule has 1 aliphatic rings. The predicted molar refractivity (Wildman–Crippen MR) is 135 cm³/mol. The molecule has 36 heavy (non-hydrogen) atoms. The molecular formula is C27H20N6O3. The zero-order chi connectivity index (χ0) is 24.7. The second kappa shape index (κ2) is 8.31. The number of hydrogen-bond donors (Lipinski definition) is 2. The van der Waals surface area contributed by atoms with E-state index in [0.29, 0.717) is 22.5 Å². The Morgan fingerprint density at radius 3 is 2.86 bits per heavy atom. The zero-order valence-electron chi connectivity index (χ0n) is 19.0. The molecule has 6 rings (SSSR count).